The SMILES string of the molecule is CC(=O)N[C@H](CC(=O)N1CCC[C@H](c2nc3ccccc3o2)C1)c1cccs1. The third-order valence-corrected chi connectivity index (χ3v) is 6.06. The summed E-state index contributed by atoms with van der Waals surface area (Å²) in [5.41, 5.74) is 1.63. The number of likely N-dealkylation sites (tertiary alicyclic amines) is 1. The van der Waals surface area contributed by atoms with Crippen LogP contribution < -0.4 is 5.32 Å². The zero-order chi connectivity index (χ0) is 19.5. The quantitative estimate of drug-likeness (QED) is 0.709. The molecular formula is C21H23N3O3S. The average Bonchev–Trinajstić information content (AvgIpc) is 3.37. The van der Waals surface area contributed by atoms with Gasteiger partial charge in [0.15, 0.2) is 11.5 Å². The van der Waals surface area contributed by atoms with E-state index in [1.165, 1.54) is 6.92 Å². The first-order chi connectivity index (χ1) is 13.6. The molecule has 28 heavy (non-hydrogen) atoms. The second-order valence-electron chi connectivity index (χ2n) is 7.17. The van der Waals surface area contributed by atoms with Crippen LogP contribution >= 0.6 is 11.3 Å². The lowest BCUT2D eigenvalue weighted by Gasteiger charge is -2.32. The van der Waals surface area contributed by atoms with Gasteiger partial charge in [-0.05, 0) is 36.4 Å². The maximum atomic E-state index is 13.0. The molecule has 2 amide bonds. The number of carbonyl (C=O) groups is 2. The molecule has 1 fully saturated rings. The van der Waals surface area contributed by atoms with Crippen LogP contribution in [-0.4, -0.2) is 34.8 Å². The van der Waals surface area contributed by atoms with Crippen LogP contribution in [0.3, 0.4) is 0 Å². The van der Waals surface area contributed by atoms with Gasteiger partial charge in [0.05, 0.1) is 18.4 Å². The van der Waals surface area contributed by atoms with Crippen molar-refractivity contribution in [3.8, 4) is 0 Å². The summed E-state index contributed by atoms with van der Waals surface area (Å²) in [4.78, 5) is 32.0. The summed E-state index contributed by atoms with van der Waals surface area (Å²) < 4.78 is 5.92. The van der Waals surface area contributed by atoms with Gasteiger partial charge in [0, 0.05) is 24.9 Å². The van der Waals surface area contributed by atoms with Crippen LogP contribution in [0.2, 0.25) is 0 Å². The highest BCUT2D eigenvalue weighted by molar-refractivity contribution is 7.10. The van der Waals surface area contributed by atoms with Gasteiger partial charge in [-0.25, -0.2) is 4.98 Å². The van der Waals surface area contributed by atoms with E-state index in [0.29, 0.717) is 12.4 Å². The molecule has 0 aliphatic carbocycles. The zero-order valence-electron chi connectivity index (χ0n) is 15.8. The van der Waals surface area contributed by atoms with Gasteiger partial charge in [0.1, 0.15) is 5.52 Å². The lowest BCUT2D eigenvalue weighted by Crippen LogP contribution is -2.41. The Morgan fingerprint density at radius 2 is 2.18 bits per heavy atom. The smallest absolute Gasteiger partial charge is 0.225 e. The number of rotatable bonds is 5. The van der Waals surface area contributed by atoms with Gasteiger partial charge in [-0.3, -0.25) is 9.59 Å². The molecule has 0 radical (unpaired) electrons. The van der Waals surface area contributed by atoms with E-state index < -0.39 is 0 Å². The fraction of sp³-hybridized carbons (Fsp3) is 0.381. The Morgan fingerprint density at radius 1 is 1.32 bits per heavy atom. The van der Waals surface area contributed by atoms with Crippen LogP contribution in [-0.2, 0) is 9.59 Å². The predicted octanol–water partition coefficient (Wildman–Crippen LogP) is 3.86. The van der Waals surface area contributed by atoms with Crippen molar-refractivity contribution in [2.24, 2.45) is 0 Å². The third-order valence-electron chi connectivity index (χ3n) is 5.08. The molecule has 7 heteroatoms. The van der Waals surface area contributed by atoms with E-state index in [2.05, 4.69) is 10.3 Å². The molecule has 4 rings (SSSR count). The number of benzene rings is 1. The minimum absolute atomic E-state index is 0.0490. The molecule has 3 aromatic rings. The predicted molar refractivity (Wildman–Crippen MR) is 108 cm³/mol. The Bertz CT molecular complexity index is 933. The topological polar surface area (TPSA) is 75.4 Å². The second kappa shape index (κ2) is 8.14. The van der Waals surface area contributed by atoms with Gasteiger partial charge in [0.2, 0.25) is 11.8 Å². The molecule has 6 nitrogen and oxygen atoms in total. The number of para-hydroxylation sites is 2. The third kappa shape index (κ3) is 4.09. The standard InChI is InChI=1S/C21H23N3O3S/c1-14(25)22-17(19-9-5-11-28-19)12-20(26)24-10-4-6-15(13-24)21-23-16-7-2-3-8-18(16)27-21/h2-3,5,7-9,11,15,17H,4,6,10,12-13H2,1H3,(H,22,25)/t15-,17+/m0/s1. The van der Waals surface area contributed by atoms with Gasteiger partial charge in [-0.2, -0.15) is 0 Å². The first-order valence-corrected chi connectivity index (χ1v) is 10.4. The summed E-state index contributed by atoms with van der Waals surface area (Å²) >= 11 is 1.55. The lowest BCUT2D eigenvalue weighted by atomic mass is 9.97. The number of carbonyl (C=O) groups excluding carboxylic acids is 2. The zero-order valence-corrected chi connectivity index (χ0v) is 16.6. The van der Waals surface area contributed by atoms with Crippen molar-refractivity contribution in [3.63, 3.8) is 0 Å². The first kappa shape index (κ1) is 18.7. The van der Waals surface area contributed by atoms with Crippen LogP contribution in [0, 0.1) is 0 Å². The maximum Gasteiger partial charge on any atom is 0.225 e. The van der Waals surface area contributed by atoms with Crippen molar-refractivity contribution < 1.29 is 14.0 Å². The molecule has 1 saturated heterocycles. The number of thiophene rings is 1. The van der Waals surface area contributed by atoms with Crippen molar-refractivity contribution in [1.82, 2.24) is 15.2 Å². The van der Waals surface area contributed by atoms with E-state index in [1.54, 1.807) is 11.3 Å². The fourth-order valence-corrected chi connectivity index (χ4v) is 4.51. The Morgan fingerprint density at radius 3 is 2.93 bits per heavy atom. The van der Waals surface area contributed by atoms with E-state index in [-0.39, 0.29) is 30.2 Å². The van der Waals surface area contributed by atoms with Crippen molar-refractivity contribution >= 4 is 34.3 Å². The largest absolute Gasteiger partial charge is 0.440 e. The number of piperidine rings is 1. The number of amides is 2. The van der Waals surface area contributed by atoms with Crippen LogP contribution in [0.5, 0.6) is 0 Å². The molecule has 1 aromatic carbocycles. The summed E-state index contributed by atoms with van der Waals surface area (Å²) in [7, 11) is 0. The summed E-state index contributed by atoms with van der Waals surface area (Å²) in [5.74, 6) is 0.726. The molecule has 0 saturated carbocycles. The molecule has 3 heterocycles. The molecule has 2 aromatic heterocycles. The summed E-state index contributed by atoms with van der Waals surface area (Å²) in [6.07, 6.45) is 2.13. The summed E-state index contributed by atoms with van der Waals surface area (Å²) in [6, 6.07) is 11.3. The monoisotopic (exact) mass is 397 g/mol. The Hall–Kier alpha value is -2.67. The number of aromatic nitrogens is 1. The lowest BCUT2D eigenvalue weighted by molar-refractivity contribution is -0.133. The van der Waals surface area contributed by atoms with Crippen molar-refractivity contribution in [1.29, 1.82) is 0 Å². The molecule has 1 aliphatic rings. The van der Waals surface area contributed by atoms with Crippen molar-refractivity contribution in [2.45, 2.75) is 38.1 Å². The van der Waals surface area contributed by atoms with E-state index >= 15 is 0 Å². The summed E-state index contributed by atoms with van der Waals surface area (Å²) in [5, 5.41) is 4.86. The van der Waals surface area contributed by atoms with Gasteiger partial charge in [-0.1, -0.05) is 18.2 Å². The number of hydrogen-bond acceptors (Lipinski definition) is 5. The molecule has 1 aliphatic heterocycles. The van der Waals surface area contributed by atoms with Crippen molar-refractivity contribution in [3.05, 3.63) is 52.5 Å². The Labute approximate surface area is 167 Å². The first-order valence-electron chi connectivity index (χ1n) is 9.54. The van der Waals surface area contributed by atoms with E-state index in [0.717, 1.165) is 35.4 Å². The molecule has 1 N–H and O–H groups in total. The van der Waals surface area contributed by atoms with Crippen LogP contribution in [0.25, 0.3) is 11.1 Å². The molecule has 146 valence electrons. The minimum atomic E-state index is -0.283. The van der Waals surface area contributed by atoms with Gasteiger partial charge < -0.3 is 14.6 Å². The van der Waals surface area contributed by atoms with Gasteiger partial charge >= 0.3 is 0 Å². The highest BCUT2D eigenvalue weighted by Crippen LogP contribution is 2.30. The summed E-state index contributed by atoms with van der Waals surface area (Å²) in [6.45, 7) is 2.81. The molecule has 2 atom stereocenters. The second-order valence-corrected chi connectivity index (χ2v) is 8.15. The Balaban J connectivity index is 1.45. The van der Waals surface area contributed by atoms with E-state index in [9.17, 15) is 9.59 Å². The molecule has 0 spiro atoms. The van der Waals surface area contributed by atoms with Crippen LogP contribution in [0.1, 0.15) is 48.9 Å². The number of nitrogens with zero attached hydrogens (tertiary/aromatic N) is 2. The molecule has 0 unspecified atom stereocenters. The van der Waals surface area contributed by atoms with Gasteiger partial charge in [0.25, 0.3) is 0 Å². The highest BCUT2D eigenvalue weighted by Gasteiger charge is 2.29. The minimum Gasteiger partial charge on any atom is -0.440 e. The van der Waals surface area contributed by atoms with Crippen molar-refractivity contribution in [2.75, 3.05) is 13.1 Å². The van der Waals surface area contributed by atoms with Gasteiger partial charge in [-0.15, -0.1) is 11.3 Å². The number of fused-ring (bicyclic) bond motifs is 1. The van der Waals surface area contributed by atoms with Crippen LogP contribution in [0.15, 0.2) is 46.2 Å². The molecular weight excluding hydrogens is 374 g/mol. The van der Waals surface area contributed by atoms with E-state index in [4.69, 9.17) is 4.42 Å². The highest BCUT2D eigenvalue weighted by atomic mass is 32.1. The van der Waals surface area contributed by atoms with E-state index in [1.807, 2.05) is 46.7 Å². The number of oxazole rings is 1. The normalized spacial score (nSPS) is 18.2. The number of hydrogen-bond donors (Lipinski definition) is 1. The fourth-order valence-electron chi connectivity index (χ4n) is 3.73. The Kier molecular flexibility index (Phi) is 5.43. The maximum absolute atomic E-state index is 13.0. The molecule has 0 bridgehead atoms. The van der Waals surface area contributed by atoms with Crippen LogP contribution in [0.4, 0.5) is 0 Å². The average molecular weight is 398 g/mol. The number of nitrogens with one attached hydrogen (secondary N) is 1.